The second-order valence-electron chi connectivity index (χ2n) is 8.85. The molecule has 0 saturated heterocycles. The third-order valence-corrected chi connectivity index (χ3v) is 8.12. The smallest absolute Gasteiger partial charge is 0.244 e. The minimum atomic E-state index is -3.98. The molecular formula is C28H24FN5O3S. The van der Waals surface area contributed by atoms with E-state index in [0.29, 0.717) is 30.2 Å². The van der Waals surface area contributed by atoms with Crippen molar-refractivity contribution in [1.29, 1.82) is 5.26 Å². The van der Waals surface area contributed by atoms with Gasteiger partial charge in [0.2, 0.25) is 21.9 Å². The number of hydrogen-bond donors (Lipinski definition) is 0. The van der Waals surface area contributed by atoms with Gasteiger partial charge in [-0.3, -0.25) is 0 Å². The van der Waals surface area contributed by atoms with Crippen LogP contribution in [-0.4, -0.2) is 36.3 Å². The van der Waals surface area contributed by atoms with Crippen LogP contribution in [0.15, 0.2) is 83.8 Å². The molecule has 1 aliphatic rings. The van der Waals surface area contributed by atoms with Gasteiger partial charge in [-0.1, -0.05) is 48.5 Å². The summed E-state index contributed by atoms with van der Waals surface area (Å²) in [6, 6.07) is 23.6. The van der Waals surface area contributed by atoms with Crippen molar-refractivity contribution in [3.63, 3.8) is 0 Å². The van der Waals surface area contributed by atoms with E-state index in [-0.39, 0.29) is 35.2 Å². The van der Waals surface area contributed by atoms with Gasteiger partial charge in [-0.2, -0.15) is 14.6 Å². The van der Waals surface area contributed by atoms with Gasteiger partial charge >= 0.3 is 0 Å². The van der Waals surface area contributed by atoms with Crippen LogP contribution in [0.25, 0.3) is 0 Å². The molecule has 0 radical (unpaired) electrons. The summed E-state index contributed by atoms with van der Waals surface area (Å²) in [6.45, 7) is 0.669. The lowest BCUT2D eigenvalue weighted by atomic mass is 10.1. The normalized spacial score (nSPS) is 13.4. The third-order valence-electron chi connectivity index (χ3n) is 6.22. The largest absolute Gasteiger partial charge is 0.438 e. The fraction of sp³-hybridized carbons (Fsp3) is 0.179. The molecule has 8 nitrogen and oxygen atoms in total. The molecule has 0 bridgehead atoms. The molecule has 1 aliphatic heterocycles. The van der Waals surface area contributed by atoms with Crippen LogP contribution in [0.1, 0.15) is 22.4 Å². The van der Waals surface area contributed by atoms with Gasteiger partial charge in [0.25, 0.3) is 0 Å². The van der Waals surface area contributed by atoms with E-state index in [1.807, 2.05) is 48.3 Å². The molecule has 0 spiro atoms. The van der Waals surface area contributed by atoms with E-state index in [1.54, 1.807) is 18.2 Å². The van der Waals surface area contributed by atoms with Crippen molar-refractivity contribution in [2.45, 2.75) is 24.4 Å². The highest BCUT2D eigenvalue weighted by molar-refractivity contribution is 7.89. The summed E-state index contributed by atoms with van der Waals surface area (Å²) in [4.78, 5) is 11.2. The predicted molar refractivity (Wildman–Crippen MR) is 140 cm³/mol. The third kappa shape index (κ3) is 5.20. The van der Waals surface area contributed by atoms with E-state index in [9.17, 15) is 18.1 Å². The number of aromatic nitrogens is 2. The summed E-state index contributed by atoms with van der Waals surface area (Å²) in [5.41, 5.74) is 2.29. The van der Waals surface area contributed by atoms with Crippen molar-refractivity contribution in [1.82, 2.24) is 14.3 Å². The maximum Gasteiger partial charge on any atom is 0.244 e. The van der Waals surface area contributed by atoms with Crippen LogP contribution in [0.5, 0.6) is 11.6 Å². The lowest BCUT2D eigenvalue weighted by Crippen LogP contribution is -2.37. The highest BCUT2D eigenvalue weighted by atomic mass is 32.2. The summed E-state index contributed by atoms with van der Waals surface area (Å²) < 4.78 is 48.2. The molecular weight excluding hydrogens is 505 g/mol. The minimum absolute atomic E-state index is 0.0508. The van der Waals surface area contributed by atoms with Crippen LogP contribution in [0.3, 0.4) is 0 Å². The molecule has 0 saturated carbocycles. The van der Waals surface area contributed by atoms with Crippen molar-refractivity contribution < 1.29 is 17.5 Å². The second kappa shape index (κ2) is 10.6. The monoisotopic (exact) mass is 529 g/mol. The van der Waals surface area contributed by atoms with Crippen molar-refractivity contribution in [3.05, 3.63) is 107 Å². The first kappa shape index (κ1) is 25.3. The molecule has 0 unspecified atom stereocenters. The van der Waals surface area contributed by atoms with Gasteiger partial charge in [-0.05, 0) is 29.8 Å². The molecule has 10 heteroatoms. The number of fused-ring (bicyclic) bond motifs is 1. The van der Waals surface area contributed by atoms with Crippen LogP contribution in [-0.2, 0) is 29.5 Å². The Morgan fingerprint density at radius 1 is 1.05 bits per heavy atom. The van der Waals surface area contributed by atoms with Crippen molar-refractivity contribution in [3.8, 4) is 17.7 Å². The lowest BCUT2D eigenvalue weighted by molar-refractivity contribution is 0.369. The van der Waals surface area contributed by atoms with Gasteiger partial charge in [0, 0.05) is 39.2 Å². The Morgan fingerprint density at radius 3 is 2.58 bits per heavy atom. The number of anilines is 1. The van der Waals surface area contributed by atoms with E-state index < -0.39 is 15.8 Å². The summed E-state index contributed by atoms with van der Waals surface area (Å²) >= 11 is 0. The molecule has 3 aromatic carbocycles. The molecule has 0 amide bonds. The molecule has 5 rings (SSSR count). The summed E-state index contributed by atoms with van der Waals surface area (Å²) in [5.74, 6) is 0.329. The number of benzene rings is 3. The van der Waals surface area contributed by atoms with Crippen LogP contribution in [0, 0.1) is 17.1 Å². The van der Waals surface area contributed by atoms with Gasteiger partial charge < -0.3 is 9.64 Å². The minimum Gasteiger partial charge on any atom is -0.438 e. The van der Waals surface area contributed by atoms with Gasteiger partial charge in [-0.15, -0.1) is 0 Å². The summed E-state index contributed by atoms with van der Waals surface area (Å²) in [5, 5.41) is 9.45. The highest BCUT2D eigenvalue weighted by Crippen LogP contribution is 2.34. The van der Waals surface area contributed by atoms with Crippen LogP contribution >= 0.6 is 0 Å². The average Bonchev–Trinajstić information content (AvgIpc) is 2.93. The average molecular weight is 530 g/mol. The molecule has 4 aromatic rings. The Kier molecular flexibility index (Phi) is 7.05. The number of hydrogen-bond acceptors (Lipinski definition) is 7. The Labute approximate surface area is 220 Å². The Bertz CT molecular complexity index is 1620. The quantitative estimate of drug-likeness (QED) is 0.343. The van der Waals surface area contributed by atoms with Crippen LogP contribution < -0.4 is 9.64 Å². The van der Waals surface area contributed by atoms with Gasteiger partial charge in [0.15, 0.2) is 0 Å². The SMILES string of the molecule is CN(Cc1ccccc1)c1nc2c(c(Oc3cccc(F)c3)n1)CN(S(=O)(=O)c1ccccc1C#N)CC2. The first-order valence-electron chi connectivity index (χ1n) is 11.9. The highest BCUT2D eigenvalue weighted by Gasteiger charge is 2.33. The Hall–Kier alpha value is -4.33. The van der Waals surface area contributed by atoms with Gasteiger partial charge in [-0.25, -0.2) is 17.8 Å². The lowest BCUT2D eigenvalue weighted by Gasteiger charge is -2.29. The first-order valence-corrected chi connectivity index (χ1v) is 13.4. The van der Waals surface area contributed by atoms with Gasteiger partial charge in [0.1, 0.15) is 17.6 Å². The maximum atomic E-state index is 13.9. The Balaban J connectivity index is 1.53. The molecule has 0 aliphatic carbocycles. The topological polar surface area (TPSA) is 99.4 Å². The van der Waals surface area contributed by atoms with E-state index in [2.05, 4.69) is 4.98 Å². The fourth-order valence-electron chi connectivity index (χ4n) is 4.30. The molecule has 192 valence electrons. The number of nitrogens with zero attached hydrogens (tertiary/aromatic N) is 5. The van der Waals surface area contributed by atoms with E-state index in [1.165, 1.54) is 34.6 Å². The van der Waals surface area contributed by atoms with E-state index in [0.717, 1.165) is 5.56 Å². The Morgan fingerprint density at radius 2 is 1.82 bits per heavy atom. The van der Waals surface area contributed by atoms with Gasteiger partial charge in [0.05, 0.1) is 21.7 Å². The standard InChI is InChI=1S/C28H24FN5O3S/c1-33(18-20-8-3-2-4-9-20)28-31-25-14-15-34(38(35,36)26-13-6-5-10-21(26)17-30)19-24(25)27(32-28)37-23-12-7-11-22(29)16-23/h2-13,16H,14-15,18-19H2,1H3. The summed E-state index contributed by atoms with van der Waals surface area (Å²) in [7, 11) is -2.12. The molecule has 1 aromatic heterocycles. The number of ether oxygens (including phenoxy) is 1. The predicted octanol–water partition coefficient (Wildman–Crippen LogP) is 4.66. The second-order valence-corrected chi connectivity index (χ2v) is 10.8. The van der Waals surface area contributed by atoms with E-state index in [4.69, 9.17) is 9.72 Å². The first-order chi connectivity index (χ1) is 18.3. The zero-order chi connectivity index (χ0) is 26.7. The molecule has 0 atom stereocenters. The summed E-state index contributed by atoms with van der Waals surface area (Å²) in [6.07, 6.45) is 0.317. The molecule has 38 heavy (non-hydrogen) atoms. The fourth-order valence-corrected chi connectivity index (χ4v) is 5.85. The molecule has 0 fully saturated rings. The van der Waals surface area contributed by atoms with Crippen LogP contribution in [0.2, 0.25) is 0 Å². The zero-order valence-electron chi connectivity index (χ0n) is 20.6. The van der Waals surface area contributed by atoms with Crippen molar-refractivity contribution in [2.24, 2.45) is 0 Å². The number of rotatable bonds is 7. The zero-order valence-corrected chi connectivity index (χ0v) is 21.4. The van der Waals surface area contributed by atoms with Crippen molar-refractivity contribution >= 4 is 16.0 Å². The number of sulfonamides is 1. The van der Waals surface area contributed by atoms with Crippen molar-refractivity contribution in [2.75, 3.05) is 18.5 Å². The molecule has 0 N–H and O–H groups in total. The number of nitriles is 1. The number of halogens is 1. The van der Waals surface area contributed by atoms with Crippen LogP contribution in [0.4, 0.5) is 10.3 Å². The molecule has 2 heterocycles. The van der Waals surface area contributed by atoms with E-state index >= 15 is 0 Å². The maximum absolute atomic E-state index is 13.9.